The van der Waals surface area contributed by atoms with Gasteiger partial charge in [-0.15, -0.1) is 0 Å². The van der Waals surface area contributed by atoms with Crippen LogP contribution < -0.4 is 5.73 Å². The van der Waals surface area contributed by atoms with E-state index in [4.69, 9.17) is 10.2 Å². The Morgan fingerprint density at radius 2 is 2.00 bits per heavy atom. The molecule has 2 aromatic rings. The number of rotatable bonds is 6. The van der Waals surface area contributed by atoms with Gasteiger partial charge in [0.15, 0.2) is 0 Å². The molecule has 1 aromatic carbocycles. The fourth-order valence-electron chi connectivity index (χ4n) is 3.67. The lowest BCUT2D eigenvalue weighted by Gasteiger charge is -2.29. The maximum Gasteiger partial charge on any atom is 0.239 e. The highest BCUT2D eigenvalue weighted by molar-refractivity contribution is 5.82. The summed E-state index contributed by atoms with van der Waals surface area (Å²) in [5.74, 6) is 1.04. The van der Waals surface area contributed by atoms with Gasteiger partial charge in [-0.1, -0.05) is 24.3 Å². The first-order valence-electron chi connectivity index (χ1n) is 9.04. The first-order valence-corrected chi connectivity index (χ1v) is 9.04. The Kier molecular flexibility index (Phi) is 5.56. The van der Waals surface area contributed by atoms with Crippen molar-refractivity contribution in [3.05, 3.63) is 48.2 Å². The van der Waals surface area contributed by atoms with Crippen molar-refractivity contribution in [1.82, 2.24) is 9.80 Å². The van der Waals surface area contributed by atoms with Gasteiger partial charge in [0.2, 0.25) is 5.91 Å². The van der Waals surface area contributed by atoms with Crippen LogP contribution in [-0.2, 0) is 11.3 Å². The molecule has 5 nitrogen and oxygen atoms in total. The molecule has 2 N–H and O–H groups in total. The quantitative estimate of drug-likeness (QED) is 0.877. The molecule has 0 bridgehead atoms. The van der Waals surface area contributed by atoms with Crippen LogP contribution in [-0.4, -0.2) is 47.4 Å². The average molecular weight is 341 g/mol. The Morgan fingerprint density at radius 3 is 2.68 bits per heavy atom. The summed E-state index contributed by atoms with van der Waals surface area (Å²) in [5.41, 5.74) is 8.42. The van der Waals surface area contributed by atoms with Crippen LogP contribution in [0.4, 0.5) is 0 Å². The maximum atomic E-state index is 12.9. The molecule has 134 valence electrons. The SMILES string of the molecule is CCN(CC)C(=O)[C@@H]1C[C@@H](N)CN1Cc1ccccc1-c1ccco1. The molecule has 0 aliphatic carbocycles. The van der Waals surface area contributed by atoms with E-state index in [1.165, 1.54) is 0 Å². The molecule has 1 aliphatic heterocycles. The highest BCUT2D eigenvalue weighted by Crippen LogP contribution is 2.28. The third-order valence-electron chi connectivity index (χ3n) is 4.97. The second-order valence-corrected chi connectivity index (χ2v) is 6.59. The summed E-state index contributed by atoms with van der Waals surface area (Å²) in [4.78, 5) is 17.0. The van der Waals surface area contributed by atoms with Crippen molar-refractivity contribution in [2.45, 2.75) is 38.9 Å². The molecule has 1 aromatic heterocycles. The predicted molar refractivity (Wildman–Crippen MR) is 98.9 cm³/mol. The van der Waals surface area contributed by atoms with Crippen molar-refractivity contribution >= 4 is 5.91 Å². The molecular formula is C20H27N3O2. The number of amides is 1. The number of benzene rings is 1. The van der Waals surface area contributed by atoms with E-state index < -0.39 is 0 Å². The molecule has 0 unspecified atom stereocenters. The minimum absolute atomic E-state index is 0.0419. The Morgan fingerprint density at radius 1 is 1.24 bits per heavy atom. The molecule has 2 heterocycles. The third-order valence-corrected chi connectivity index (χ3v) is 4.97. The van der Waals surface area contributed by atoms with Crippen LogP contribution in [0.25, 0.3) is 11.3 Å². The molecule has 1 fully saturated rings. The van der Waals surface area contributed by atoms with Crippen LogP contribution in [0.3, 0.4) is 0 Å². The standard InChI is InChI=1S/C20H27N3O2/c1-3-22(4-2)20(24)18-12-16(21)14-23(18)13-15-8-5-6-9-17(15)19-10-7-11-25-19/h5-11,16,18H,3-4,12-14,21H2,1-2H3/t16-,18+/m1/s1. The smallest absolute Gasteiger partial charge is 0.239 e. The van der Waals surface area contributed by atoms with Gasteiger partial charge in [0.1, 0.15) is 5.76 Å². The minimum Gasteiger partial charge on any atom is -0.464 e. The zero-order chi connectivity index (χ0) is 17.8. The molecule has 3 rings (SSSR count). The van der Waals surface area contributed by atoms with Gasteiger partial charge in [0.05, 0.1) is 12.3 Å². The fourth-order valence-corrected chi connectivity index (χ4v) is 3.67. The van der Waals surface area contributed by atoms with Crippen LogP contribution in [0.5, 0.6) is 0 Å². The molecule has 0 radical (unpaired) electrons. The van der Waals surface area contributed by atoms with Gasteiger partial charge >= 0.3 is 0 Å². The molecule has 1 amide bonds. The molecular weight excluding hydrogens is 314 g/mol. The second kappa shape index (κ2) is 7.85. The highest BCUT2D eigenvalue weighted by atomic mass is 16.3. The first-order chi connectivity index (χ1) is 12.1. The van der Waals surface area contributed by atoms with Crippen LogP contribution in [0.1, 0.15) is 25.8 Å². The van der Waals surface area contributed by atoms with Gasteiger partial charge < -0.3 is 15.1 Å². The highest BCUT2D eigenvalue weighted by Gasteiger charge is 2.37. The molecule has 25 heavy (non-hydrogen) atoms. The van der Waals surface area contributed by atoms with Gasteiger partial charge in [-0.3, -0.25) is 9.69 Å². The maximum absolute atomic E-state index is 12.9. The number of nitrogens with two attached hydrogens (primary N) is 1. The van der Waals surface area contributed by atoms with Gasteiger partial charge in [0, 0.05) is 37.8 Å². The zero-order valence-corrected chi connectivity index (χ0v) is 15.0. The minimum atomic E-state index is -0.139. The van der Waals surface area contributed by atoms with E-state index in [1.807, 2.05) is 43.0 Å². The van der Waals surface area contributed by atoms with Crippen molar-refractivity contribution in [3.8, 4) is 11.3 Å². The van der Waals surface area contributed by atoms with Crippen LogP contribution in [0, 0.1) is 0 Å². The average Bonchev–Trinajstić information content (AvgIpc) is 3.26. The second-order valence-electron chi connectivity index (χ2n) is 6.59. The molecule has 0 spiro atoms. The predicted octanol–water partition coefficient (Wildman–Crippen LogP) is 2.72. The first kappa shape index (κ1) is 17.7. The molecule has 0 saturated carbocycles. The Balaban J connectivity index is 1.83. The van der Waals surface area contributed by atoms with Crippen LogP contribution in [0.15, 0.2) is 47.1 Å². The van der Waals surface area contributed by atoms with Crippen molar-refractivity contribution in [2.75, 3.05) is 19.6 Å². The number of carbonyl (C=O) groups is 1. The topological polar surface area (TPSA) is 62.7 Å². The third kappa shape index (κ3) is 3.78. The Hall–Kier alpha value is -2.11. The Bertz CT molecular complexity index is 695. The van der Waals surface area contributed by atoms with Gasteiger partial charge in [0.25, 0.3) is 0 Å². The van der Waals surface area contributed by atoms with E-state index in [0.29, 0.717) is 6.54 Å². The molecule has 1 saturated heterocycles. The van der Waals surface area contributed by atoms with E-state index in [-0.39, 0.29) is 18.0 Å². The summed E-state index contributed by atoms with van der Waals surface area (Å²) in [6.07, 6.45) is 2.41. The number of hydrogen-bond acceptors (Lipinski definition) is 4. The summed E-state index contributed by atoms with van der Waals surface area (Å²) >= 11 is 0. The van der Waals surface area contributed by atoms with Gasteiger partial charge in [-0.25, -0.2) is 0 Å². The van der Waals surface area contributed by atoms with E-state index in [2.05, 4.69) is 17.0 Å². The van der Waals surface area contributed by atoms with Crippen LogP contribution in [0.2, 0.25) is 0 Å². The molecule has 5 heteroatoms. The van der Waals surface area contributed by atoms with Crippen molar-refractivity contribution in [3.63, 3.8) is 0 Å². The van der Waals surface area contributed by atoms with Gasteiger partial charge in [-0.05, 0) is 38.0 Å². The summed E-state index contributed by atoms with van der Waals surface area (Å²) < 4.78 is 5.57. The van der Waals surface area contributed by atoms with E-state index >= 15 is 0 Å². The number of likely N-dealkylation sites (N-methyl/N-ethyl adjacent to an activating group) is 1. The molecule has 1 aliphatic rings. The van der Waals surface area contributed by atoms with E-state index in [9.17, 15) is 4.79 Å². The lowest BCUT2D eigenvalue weighted by Crippen LogP contribution is -2.45. The monoisotopic (exact) mass is 341 g/mol. The van der Waals surface area contributed by atoms with Crippen molar-refractivity contribution < 1.29 is 9.21 Å². The van der Waals surface area contributed by atoms with Crippen LogP contribution >= 0.6 is 0 Å². The summed E-state index contributed by atoms with van der Waals surface area (Å²) in [7, 11) is 0. The number of nitrogens with zero attached hydrogens (tertiary/aromatic N) is 2. The van der Waals surface area contributed by atoms with Crippen molar-refractivity contribution in [1.29, 1.82) is 0 Å². The number of furan rings is 1. The van der Waals surface area contributed by atoms with Crippen molar-refractivity contribution in [2.24, 2.45) is 5.73 Å². The Labute approximate surface area is 149 Å². The largest absolute Gasteiger partial charge is 0.464 e. The number of carbonyl (C=O) groups excluding carboxylic acids is 1. The fraction of sp³-hybridized carbons (Fsp3) is 0.450. The number of hydrogen-bond donors (Lipinski definition) is 1. The number of likely N-dealkylation sites (tertiary alicyclic amines) is 1. The summed E-state index contributed by atoms with van der Waals surface area (Å²) in [5, 5.41) is 0. The normalized spacial score (nSPS) is 20.8. The lowest BCUT2D eigenvalue weighted by molar-refractivity contribution is -0.135. The lowest BCUT2D eigenvalue weighted by atomic mass is 10.0. The summed E-state index contributed by atoms with van der Waals surface area (Å²) in [6.45, 7) is 6.95. The van der Waals surface area contributed by atoms with E-state index in [1.54, 1.807) is 6.26 Å². The van der Waals surface area contributed by atoms with Gasteiger partial charge in [-0.2, -0.15) is 0 Å². The molecule has 2 atom stereocenters. The zero-order valence-electron chi connectivity index (χ0n) is 15.0. The summed E-state index contributed by atoms with van der Waals surface area (Å²) in [6, 6.07) is 12.0. The van der Waals surface area contributed by atoms with E-state index in [0.717, 1.165) is 42.9 Å².